The number of nitrogens with zero attached hydrogens (tertiary/aromatic N) is 1. The van der Waals surface area contributed by atoms with Gasteiger partial charge in [-0.2, -0.15) is 0 Å². The maximum Gasteiger partial charge on any atom is 0.225 e. The summed E-state index contributed by atoms with van der Waals surface area (Å²) in [4.78, 5) is 27.5. The van der Waals surface area contributed by atoms with Crippen LogP contribution in [0.25, 0.3) is 0 Å². The van der Waals surface area contributed by atoms with Crippen LogP contribution in [0.1, 0.15) is 89.9 Å². The predicted octanol–water partition coefficient (Wildman–Crippen LogP) is 4.03. The standard InChI is InChI=1S/C22H36N2O2/c25-21(15-16-5-2-1-3-6-16)23-19-12-10-18(11-13-19)22(26)24-14-4-7-20(24)17-8-9-17/h16-20H,1-15H2,(H,23,25). The number of carbonyl (C=O) groups is 2. The molecule has 0 spiro atoms. The van der Waals surface area contributed by atoms with Crippen LogP contribution in [0.15, 0.2) is 0 Å². The topological polar surface area (TPSA) is 49.4 Å². The van der Waals surface area contributed by atoms with E-state index in [2.05, 4.69) is 10.2 Å². The summed E-state index contributed by atoms with van der Waals surface area (Å²) in [6.45, 7) is 0.984. The minimum absolute atomic E-state index is 0.209. The third-order valence-corrected chi connectivity index (χ3v) is 7.39. The van der Waals surface area contributed by atoms with E-state index < -0.39 is 0 Å². The van der Waals surface area contributed by atoms with E-state index in [0.29, 0.717) is 23.9 Å². The van der Waals surface area contributed by atoms with Crippen molar-refractivity contribution >= 4 is 11.8 Å². The summed E-state index contributed by atoms with van der Waals surface area (Å²) in [7, 11) is 0. The Kier molecular flexibility index (Phi) is 5.85. The molecule has 1 saturated heterocycles. The van der Waals surface area contributed by atoms with Crippen molar-refractivity contribution in [3.63, 3.8) is 0 Å². The van der Waals surface area contributed by atoms with E-state index in [1.54, 1.807) is 0 Å². The van der Waals surface area contributed by atoms with E-state index in [4.69, 9.17) is 0 Å². The van der Waals surface area contributed by atoms with Crippen LogP contribution in [-0.4, -0.2) is 35.3 Å². The van der Waals surface area contributed by atoms with Gasteiger partial charge in [0.15, 0.2) is 0 Å². The van der Waals surface area contributed by atoms with Gasteiger partial charge < -0.3 is 10.2 Å². The molecule has 0 aromatic rings. The van der Waals surface area contributed by atoms with Crippen molar-refractivity contribution in [3.8, 4) is 0 Å². The molecule has 1 unspecified atom stereocenters. The van der Waals surface area contributed by atoms with E-state index >= 15 is 0 Å². The van der Waals surface area contributed by atoms with Crippen LogP contribution < -0.4 is 5.32 Å². The fraction of sp³-hybridized carbons (Fsp3) is 0.909. The Hall–Kier alpha value is -1.06. The lowest BCUT2D eigenvalue weighted by Gasteiger charge is -2.33. The monoisotopic (exact) mass is 360 g/mol. The molecule has 1 aliphatic heterocycles. The van der Waals surface area contributed by atoms with Crippen LogP contribution in [0, 0.1) is 17.8 Å². The van der Waals surface area contributed by atoms with Crippen LogP contribution in [0.4, 0.5) is 0 Å². The van der Waals surface area contributed by atoms with E-state index in [1.165, 1.54) is 57.8 Å². The van der Waals surface area contributed by atoms with Crippen molar-refractivity contribution in [2.45, 2.75) is 102 Å². The van der Waals surface area contributed by atoms with Crippen LogP contribution in [-0.2, 0) is 9.59 Å². The van der Waals surface area contributed by atoms with Crippen molar-refractivity contribution in [3.05, 3.63) is 0 Å². The molecule has 0 radical (unpaired) electrons. The van der Waals surface area contributed by atoms with Gasteiger partial charge in [0.2, 0.25) is 11.8 Å². The zero-order chi connectivity index (χ0) is 17.9. The molecular formula is C22H36N2O2. The summed E-state index contributed by atoms with van der Waals surface area (Å²) in [5.74, 6) is 2.29. The fourth-order valence-electron chi connectivity index (χ4n) is 5.70. The quantitative estimate of drug-likeness (QED) is 0.804. The maximum atomic E-state index is 13.0. The highest BCUT2D eigenvalue weighted by atomic mass is 16.2. The molecule has 2 amide bonds. The smallest absolute Gasteiger partial charge is 0.225 e. The first-order valence-corrected chi connectivity index (χ1v) is 11.3. The molecule has 0 aromatic carbocycles. The van der Waals surface area contributed by atoms with Gasteiger partial charge in [-0.1, -0.05) is 19.3 Å². The summed E-state index contributed by atoms with van der Waals surface area (Å²) >= 11 is 0. The van der Waals surface area contributed by atoms with Crippen LogP contribution in [0.3, 0.4) is 0 Å². The third-order valence-electron chi connectivity index (χ3n) is 7.39. The highest BCUT2D eigenvalue weighted by Gasteiger charge is 2.42. The Labute approximate surface area is 158 Å². The molecule has 0 bridgehead atoms. The van der Waals surface area contributed by atoms with E-state index in [9.17, 15) is 9.59 Å². The number of carbonyl (C=O) groups excluding carboxylic acids is 2. The number of amides is 2. The highest BCUT2D eigenvalue weighted by molar-refractivity contribution is 5.80. The summed E-state index contributed by atoms with van der Waals surface area (Å²) in [6, 6.07) is 0.850. The highest BCUT2D eigenvalue weighted by Crippen LogP contribution is 2.41. The lowest BCUT2D eigenvalue weighted by atomic mass is 9.84. The average molecular weight is 361 g/mol. The summed E-state index contributed by atoms with van der Waals surface area (Å²) in [5, 5.41) is 3.27. The lowest BCUT2D eigenvalue weighted by molar-refractivity contribution is -0.137. The Morgan fingerprint density at radius 3 is 2.23 bits per heavy atom. The van der Waals surface area contributed by atoms with Crippen LogP contribution >= 0.6 is 0 Å². The van der Waals surface area contributed by atoms with Crippen molar-refractivity contribution in [1.82, 2.24) is 10.2 Å². The van der Waals surface area contributed by atoms with Gasteiger partial charge in [0.05, 0.1) is 0 Å². The molecule has 4 heteroatoms. The molecule has 1 N–H and O–H groups in total. The molecule has 146 valence electrons. The summed E-state index contributed by atoms with van der Waals surface area (Å²) in [5.41, 5.74) is 0. The normalized spacial score (nSPS) is 33.2. The average Bonchev–Trinajstić information content (AvgIpc) is 3.39. The van der Waals surface area contributed by atoms with Gasteiger partial charge in [-0.25, -0.2) is 0 Å². The number of nitrogens with one attached hydrogen (secondary N) is 1. The first-order chi connectivity index (χ1) is 12.7. The second kappa shape index (κ2) is 8.31. The zero-order valence-corrected chi connectivity index (χ0v) is 16.3. The van der Waals surface area contributed by atoms with Gasteiger partial charge in [-0.15, -0.1) is 0 Å². The third kappa shape index (κ3) is 4.43. The molecule has 3 saturated carbocycles. The largest absolute Gasteiger partial charge is 0.353 e. The Morgan fingerprint density at radius 1 is 0.808 bits per heavy atom. The second-order valence-electron chi connectivity index (χ2n) is 9.40. The Bertz CT molecular complexity index is 502. The van der Waals surface area contributed by atoms with Gasteiger partial charge in [-0.3, -0.25) is 9.59 Å². The van der Waals surface area contributed by atoms with Crippen molar-refractivity contribution < 1.29 is 9.59 Å². The molecule has 4 aliphatic rings. The lowest BCUT2D eigenvalue weighted by Crippen LogP contribution is -2.44. The molecule has 1 atom stereocenters. The molecule has 3 aliphatic carbocycles. The molecular weight excluding hydrogens is 324 g/mol. The zero-order valence-electron chi connectivity index (χ0n) is 16.3. The first kappa shape index (κ1) is 18.3. The molecule has 1 heterocycles. The first-order valence-electron chi connectivity index (χ1n) is 11.3. The van der Waals surface area contributed by atoms with Crippen LogP contribution in [0.5, 0.6) is 0 Å². The minimum Gasteiger partial charge on any atom is -0.353 e. The molecule has 26 heavy (non-hydrogen) atoms. The number of rotatable bonds is 5. The second-order valence-corrected chi connectivity index (χ2v) is 9.40. The van der Waals surface area contributed by atoms with Crippen molar-refractivity contribution in [1.29, 1.82) is 0 Å². The maximum absolute atomic E-state index is 13.0. The van der Waals surface area contributed by atoms with Gasteiger partial charge >= 0.3 is 0 Å². The Balaban J connectivity index is 1.20. The fourth-order valence-corrected chi connectivity index (χ4v) is 5.70. The molecule has 4 rings (SSSR count). The number of hydrogen-bond donors (Lipinski definition) is 1. The number of hydrogen-bond acceptors (Lipinski definition) is 2. The molecule has 4 nitrogen and oxygen atoms in total. The predicted molar refractivity (Wildman–Crippen MR) is 103 cm³/mol. The van der Waals surface area contributed by atoms with Gasteiger partial charge in [0.25, 0.3) is 0 Å². The van der Waals surface area contributed by atoms with E-state index in [1.807, 2.05) is 0 Å². The minimum atomic E-state index is 0.209. The van der Waals surface area contributed by atoms with Gasteiger partial charge in [0.1, 0.15) is 0 Å². The summed E-state index contributed by atoms with van der Waals surface area (Å²) in [6.07, 6.45) is 16.1. The van der Waals surface area contributed by atoms with Crippen molar-refractivity contribution in [2.24, 2.45) is 17.8 Å². The Morgan fingerprint density at radius 2 is 1.54 bits per heavy atom. The van der Waals surface area contributed by atoms with Gasteiger partial charge in [-0.05, 0) is 76.0 Å². The van der Waals surface area contributed by atoms with Crippen LogP contribution in [0.2, 0.25) is 0 Å². The number of likely N-dealkylation sites (tertiary alicyclic amines) is 1. The molecule has 0 aromatic heterocycles. The SMILES string of the molecule is O=C(CC1CCCCC1)NC1CCC(C(=O)N2CCCC2C2CC2)CC1. The van der Waals surface area contributed by atoms with Gasteiger partial charge in [0, 0.05) is 31.0 Å². The molecule has 4 fully saturated rings. The summed E-state index contributed by atoms with van der Waals surface area (Å²) < 4.78 is 0. The van der Waals surface area contributed by atoms with E-state index in [-0.39, 0.29) is 11.8 Å². The van der Waals surface area contributed by atoms with E-state index in [0.717, 1.165) is 44.6 Å². The van der Waals surface area contributed by atoms with Crippen molar-refractivity contribution in [2.75, 3.05) is 6.54 Å².